The molecule has 21 heavy (non-hydrogen) atoms. The van der Waals surface area contributed by atoms with E-state index in [1.54, 1.807) is 36.4 Å². The summed E-state index contributed by atoms with van der Waals surface area (Å²) in [5.41, 5.74) is 1.56. The van der Waals surface area contributed by atoms with E-state index >= 15 is 0 Å². The number of hydrogen-bond acceptors (Lipinski definition) is 4. The second-order valence-electron chi connectivity index (χ2n) is 4.39. The Morgan fingerprint density at radius 1 is 1.05 bits per heavy atom. The third-order valence-corrected chi connectivity index (χ3v) is 3.30. The molecule has 0 saturated heterocycles. The molecule has 0 bridgehead atoms. The van der Waals surface area contributed by atoms with E-state index < -0.39 is 11.9 Å². The van der Waals surface area contributed by atoms with Crippen molar-refractivity contribution in [1.82, 2.24) is 0 Å². The zero-order chi connectivity index (χ0) is 15.4. The lowest BCUT2D eigenvalue weighted by Gasteiger charge is -2.09. The summed E-state index contributed by atoms with van der Waals surface area (Å²) < 4.78 is 10.7. The van der Waals surface area contributed by atoms with Gasteiger partial charge in [-0.05, 0) is 37.3 Å². The Balaban J connectivity index is 2.31. The van der Waals surface area contributed by atoms with Crippen LogP contribution in [0.15, 0.2) is 46.9 Å². The fourth-order valence-corrected chi connectivity index (χ4v) is 2.15. The van der Waals surface area contributed by atoms with Crippen LogP contribution in [0.5, 0.6) is 5.75 Å². The van der Waals surface area contributed by atoms with Crippen LogP contribution in [0.3, 0.4) is 0 Å². The minimum absolute atomic E-state index is 0.163. The molecule has 2 aromatic carbocycles. The molecule has 2 rings (SSSR count). The van der Waals surface area contributed by atoms with E-state index in [9.17, 15) is 9.59 Å². The molecule has 0 N–H and O–H groups in total. The second-order valence-corrected chi connectivity index (χ2v) is 5.31. The maximum atomic E-state index is 12.1. The molecule has 0 unspecified atom stereocenters. The van der Waals surface area contributed by atoms with Crippen LogP contribution >= 0.6 is 15.9 Å². The molecule has 0 amide bonds. The quantitative estimate of drug-likeness (QED) is 0.625. The van der Waals surface area contributed by atoms with Gasteiger partial charge in [0.1, 0.15) is 11.3 Å². The van der Waals surface area contributed by atoms with Crippen molar-refractivity contribution in [3.63, 3.8) is 0 Å². The van der Waals surface area contributed by atoms with Crippen molar-refractivity contribution in [2.75, 3.05) is 7.11 Å². The minimum Gasteiger partial charge on any atom is -0.465 e. The average Bonchev–Trinajstić information content (AvgIpc) is 2.48. The molecule has 0 radical (unpaired) electrons. The van der Waals surface area contributed by atoms with Crippen molar-refractivity contribution < 1.29 is 19.1 Å². The first-order valence-electron chi connectivity index (χ1n) is 6.18. The van der Waals surface area contributed by atoms with Gasteiger partial charge in [0, 0.05) is 4.47 Å². The first-order chi connectivity index (χ1) is 10.0. The van der Waals surface area contributed by atoms with Crippen LogP contribution < -0.4 is 4.74 Å². The maximum Gasteiger partial charge on any atom is 0.343 e. The molecular weight excluding hydrogens is 336 g/mol. The third kappa shape index (κ3) is 3.70. The summed E-state index contributed by atoms with van der Waals surface area (Å²) >= 11 is 3.27. The highest BCUT2D eigenvalue weighted by molar-refractivity contribution is 9.10. The maximum absolute atomic E-state index is 12.1. The number of ether oxygens (including phenoxy) is 2. The van der Waals surface area contributed by atoms with Crippen LogP contribution in [-0.4, -0.2) is 19.0 Å². The number of esters is 2. The molecule has 0 atom stereocenters. The zero-order valence-electron chi connectivity index (χ0n) is 11.6. The SMILES string of the molecule is COC(=O)c1cc(Br)ccc1OC(=O)c1cccc(C)c1. The van der Waals surface area contributed by atoms with Crippen molar-refractivity contribution in [3.8, 4) is 5.75 Å². The number of carbonyl (C=O) groups is 2. The highest BCUT2D eigenvalue weighted by atomic mass is 79.9. The van der Waals surface area contributed by atoms with Crippen LogP contribution in [0.4, 0.5) is 0 Å². The molecule has 0 aliphatic heterocycles. The highest BCUT2D eigenvalue weighted by Crippen LogP contribution is 2.25. The fourth-order valence-electron chi connectivity index (χ4n) is 1.79. The van der Waals surface area contributed by atoms with E-state index in [0.717, 1.165) is 5.56 Å². The van der Waals surface area contributed by atoms with E-state index in [0.29, 0.717) is 10.0 Å². The van der Waals surface area contributed by atoms with Gasteiger partial charge in [0.25, 0.3) is 0 Å². The van der Waals surface area contributed by atoms with Gasteiger partial charge in [-0.3, -0.25) is 0 Å². The number of aryl methyl sites for hydroxylation is 1. The van der Waals surface area contributed by atoms with E-state index in [2.05, 4.69) is 20.7 Å². The van der Waals surface area contributed by atoms with Crippen molar-refractivity contribution in [3.05, 3.63) is 63.6 Å². The Hall–Kier alpha value is -2.14. The van der Waals surface area contributed by atoms with E-state index in [-0.39, 0.29) is 11.3 Å². The van der Waals surface area contributed by atoms with Crippen molar-refractivity contribution >= 4 is 27.9 Å². The summed E-state index contributed by atoms with van der Waals surface area (Å²) in [5.74, 6) is -0.925. The smallest absolute Gasteiger partial charge is 0.343 e. The number of hydrogen-bond donors (Lipinski definition) is 0. The Kier molecular flexibility index (Phi) is 4.75. The predicted octanol–water partition coefficient (Wildman–Crippen LogP) is 3.76. The largest absolute Gasteiger partial charge is 0.465 e. The third-order valence-electron chi connectivity index (χ3n) is 2.80. The second kappa shape index (κ2) is 6.54. The molecule has 0 aromatic heterocycles. The Labute approximate surface area is 130 Å². The van der Waals surface area contributed by atoms with Crippen LogP contribution in [0.1, 0.15) is 26.3 Å². The Morgan fingerprint density at radius 2 is 1.81 bits per heavy atom. The van der Waals surface area contributed by atoms with Gasteiger partial charge < -0.3 is 9.47 Å². The van der Waals surface area contributed by atoms with Crippen LogP contribution in [0.25, 0.3) is 0 Å². The van der Waals surface area contributed by atoms with Gasteiger partial charge in [-0.15, -0.1) is 0 Å². The van der Waals surface area contributed by atoms with Crippen LogP contribution in [0, 0.1) is 6.92 Å². The predicted molar refractivity (Wildman–Crippen MR) is 81.6 cm³/mol. The monoisotopic (exact) mass is 348 g/mol. The van der Waals surface area contributed by atoms with Crippen molar-refractivity contribution in [1.29, 1.82) is 0 Å². The Morgan fingerprint density at radius 3 is 2.48 bits per heavy atom. The molecule has 0 aliphatic rings. The number of benzene rings is 2. The number of halogens is 1. The highest BCUT2D eigenvalue weighted by Gasteiger charge is 2.17. The van der Waals surface area contributed by atoms with Gasteiger partial charge in [-0.25, -0.2) is 9.59 Å². The molecule has 0 heterocycles. The summed E-state index contributed by atoms with van der Waals surface area (Å²) in [6, 6.07) is 11.8. The van der Waals surface area contributed by atoms with Crippen molar-refractivity contribution in [2.24, 2.45) is 0 Å². The standard InChI is InChI=1S/C16H13BrO4/c1-10-4-3-5-11(8-10)15(18)21-14-7-6-12(17)9-13(14)16(19)20-2/h3-9H,1-2H3. The van der Waals surface area contributed by atoms with Gasteiger partial charge in [-0.1, -0.05) is 33.6 Å². The van der Waals surface area contributed by atoms with Crippen LogP contribution in [-0.2, 0) is 4.74 Å². The lowest BCUT2D eigenvalue weighted by Crippen LogP contribution is -2.12. The van der Waals surface area contributed by atoms with E-state index in [1.807, 2.05) is 13.0 Å². The normalized spacial score (nSPS) is 10.0. The van der Waals surface area contributed by atoms with Gasteiger partial charge in [0.15, 0.2) is 0 Å². The molecule has 4 nitrogen and oxygen atoms in total. The molecule has 2 aromatic rings. The van der Waals surface area contributed by atoms with Gasteiger partial charge >= 0.3 is 11.9 Å². The minimum atomic E-state index is -0.566. The lowest BCUT2D eigenvalue weighted by atomic mass is 10.1. The molecule has 0 spiro atoms. The summed E-state index contributed by atoms with van der Waals surface area (Å²) in [7, 11) is 1.27. The van der Waals surface area contributed by atoms with Gasteiger partial charge in [0.05, 0.1) is 12.7 Å². The fraction of sp³-hybridized carbons (Fsp3) is 0.125. The summed E-state index contributed by atoms with van der Waals surface area (Å²) in [6.45, 7) is 1.89. The molecule has 5 heteroatoms. The molecule has 0 aliphatic carbocycles. The zero-order valence-corrected chi connectivity index (χ0v) is 13.1. The topological polar surface area (TPSA) is 52.6 Å². The van der Waals surface area contributed by atoms with Gasteiger partial charge in [-0.2, -0.15) is 0 Å². The summed E-state index contributed by atoms with van der Waals surface area (Å²) in [5, 5.41) is 0. The van der Waals surface area contributed by atoms with Gasteiger partial charge in [0.2, 0.25) is 0 Å². The first-order valence-corrected chi connectivity index (χ1v) is 6.97. The molecule has 0 fully saturated rings. The summed E-state index contributed by atoms with van der Waals surface area (Å²) in [6.07, 6.45) is 0. The van der Waals surface area contributed by atoms with Crippen LogP contribution in [0.2, 0.25) is 0 Å². The first kappa shape index (κ1) is 15.3. The summed E-state index contributed by atoms with van der Waals surface area (Å²) in [4.78, 5) is 23.9. The number of methoxy groups -OCH3 is 1. The molecule has 108 valence electrons. The number of carbonyl (C=O) groups excluding carboxylic acids is 2. The lowest BCUT2D eigenvalue weighted by molar-refractivity contribution is 0.0593. The molecular formula is C16H13BrO4. The molecule has 0 saturated carbocycles. The Bertz CT molecular complexity index is 694. The van der Waals surface area contributed by atoms with Crippen molar-refractivity contribution in [2.45, 2.75) is 6.92 Å². The van der Waals surface area contributed by atoms with E-state index in [4.69, 9.17) is 4.74 Å². The average molecular weight is 349 g/mol. The number of rotatable bonds is 3. The van der Waals surface area contributed by atoms with E-state index in [1.165, 1.54) is 7.11 Å².